The van der Waals surface area contributed by atoms with Gasteiger partial charge in [0.1, 0.15) is 0 Å². The van der Waals surface area contributed by atoms with E-state index in [9.17, 15) is 9.59 Å². The van der Waals surface area contributed by atoms with Crippen molar-refractivity contribution in [3.8, 4) is 0 Å². The molecule has 0 aromatic heterocycles. The molecule has 2 heterocycles. The van der Waals surface area contributed by atoms with E-state index in [0.29, 0.717) is 31.6 Å². The molecule has 1 N–H and O–H groups in total. The zero-order chi connectivity index (χ0) is 11.1. The topological polar surface area (TPSA) is 82.6 Å². The standard InChI is InChI=1S/C6H7O2.C5H8O2.Na.H2O/c1-5-3-2-4-8-6(5)7;6-5-3-1-2-4-7-5;;/h1H,2-4H2;1-4H2;;1H2/q-1;;+1;/p-1. The summed E-state index contributed by atoms with van der Waals surface area (Å²) in [7, 11) is 0. The maximum Gasteiger partial charge on any atom is 1.00 e. The SMILES string of the molecule is O=C1CCCCO1.[CH-]=C1CCCOC1=O.[Na+].[OH-]. The van der Waals surface area contributed by atoms with Crippen molar-refractivity contribution in [2.24, 2.45) is 0 Å². The summed E-state index contributed by atoms with van der Waals surface area (Å²) in [6.45, 7) is 6.39. The van der Waals surface area contributed by atoms with Gasteiger partial charge in [0.15, 0.2) is 5.97 Å². The van der Waals surface area contributed by atoms with Gasteiger partial charge in [0, 0.05) is 6.42 Å². The van der Waals surface area contributed by atoms with Crippen molar-refractivity contribution in [3.63, 3.8) is 0 Å². The van der Waals surface area contributed by atoms with Gasteiger partial charge in [-0.3, -0.25) is 11.4 Å². The Balaban J connectivity index is 0. The first-order valence-electron chi connectivity index (χ1n) is 5.14. The fraction of sp³-hybridized carbons (Fsp3) is 0.636. The summed E-state index contributed by atoms with van der Waals surface area (Å²) in [5.41, 5.74) is 0.358. The Morgan fingerprint density at radius 3 is 1.88 bits per heavy atom. The largest absolute Gasteiger partial charge is 1.00 e. The third-order valence-electron chi connectivity index (χ3n) is 2.12. The molecule has 0 radical (unpaired) electrons. The van der Waals surface area contributed by atoms with Gasteiger partial charge in [-0.05, 0) is 19.3 Å². The third-order valence-corrected chi connectivity index (χ3v) is 2.12. The number of cyclic esters (lactones) is 2. The van der Waals surface area contributed by atoms with Gasteiger partial charge < -0.3 is 19.7 Å². The van der Waals surface area contributed by atoms with E-state index in [0.717, 1.165) is 19.3 Å². The fourth-order valence-electron chi connectivity index (χ4n) is 1.25. The minimum Gasteiger partial charge on any atom is -0.870 e. The average molecular weight is 251 g/mol. The van der Waals surface area contributed by atoms with E-state index < -0.39 is 0 Å². The van der Waals surface area contributed by atoms with Crippen LogP contribution >= 0.6 is 0 Å². The van der Waals surface area contributed by atoms with Gasteiger partial charge in [-0.2, -0.15) is 0 Å². The van der Waals surface area contributed by atoms with E-state index in [2.05, 4.69) is 9.47 Å². The van der Waals surface area contributed by atoms with Crippen LogP contribution in [0.5, 0.6) is 0 Å². The van der Waals surface area contributed by atoms with Gasteiger partial charge in [-0.1, -0.05) is 6.42 Å². The molecule has 0 aromatic rings. The number of hydrogen-bond donors (Lipinski definition) is 0. The molecule has 0 saturated carbocycles. The molecule has 2 rings (SSSR count). The van der Waals surface area contributed by atoms with E-state index in [1.165, 1.54) is 0 Å². The smallest absolute Gasteiger partial charge is 0.870 e. The molecule has 2 saturated heterocycles. The van der Waals surface area contributed by atoms with Crippen LogP contribution in [0.1, 0.15) is 32.1 Å². The molecule has 17 heavy (non-hydrogen) atoms. The number of esters is 2. The molecule has 2 aliphatic heterocycles. The first-order chi connectivity index (χ1) is 7.20. The molecule has 0 unspecified atom stereocenters. The second-order valence-electron chi connectivity index (χ2n) is 3.44. The maximum atomic E-state index is 10.4. The molecule has 0 aliphatic carbocycles. The minimum atomic E-state index is -0.337. The van der Waals surface area contributed by atoms with Crippen LogP contribution in [0.15, 0.2) is 5.57 Å². The van der Waals surface area contributed by atoms with E-state index in [1.807, 2.05) is 0 Å². The van der Waals surface area contributed by atoms with Gasteiger partial charge in [0.2, 0.25) is 0 Å². The van der Waals surface area contributed by atoms with Crippen molar-refractivity contribution in [2.75, 3.05) is 13.2 Å². The quantitative estimate of drug-likeness (QED) is 0.220. The monoisotopic (exact) mass is 251 g/mol. The fourth-order valence-corrected chi connectivity index (χ4v) is 1.25. The zero-order valence-electron chi connectivity index (χ0n) is 10.1. The van der Waals surface area contributed by atoms with Crippen LogP contribution in [-0.2, 0) is 19.1 Å². The maximum absolute atomic E-state index is 10.4. The van der Waals surface area contributed by atoms with Crippen molar-refractivity contribution in [1.82, 2.24) is 0 Å². The van der Waals surface area contributed by atoms with Crippen molar-refractivity contribution in [2.45, 2.75) is 32.1 Å². The predicted molar refractivity (Wildman–Crippen MR) is 54.8 cm³/mol. The van der Waals surface area contributed by atoms with Crippen LogP contribution in [0, 0.1) is 6.58 Å². The Labute approximate surface area is 123 Å². The molecule has 0 atom stereocenters. The molecule has 0 amide bonds. The predicted octanol–water partition coefficient (Wildman–Crippen LogP) is -1.78. The summed E-state index contributed by atoms with van der Waals surface area (Å²) in [5.74, 6) is -0.373. The Bertz CT molecular complexity index is 241. The molecule has 6 heteroatoms. The van der Waals surface area contributed by atoms with E-state index >= 15 is 0 Å². The molecule has 0 bridgehead atoms. The molecular weight excluding hydrogens is 235 g/mol. The van der Waals surface area contributed by atoms with Crippen LogP contribution in [0.2, 0.25) is 0 Å². The Hall–Kier alpha value is -0.360. The van der Waals surface area contributed by atoms with Crippen LogP contribution < -0.4 is 29.6 Å². The molecule has 5 nitrogen and oxygen atoms in total. The Morgan fingerprint density at radius 2 is 1.59 bits per heavy atom. The third kappa shape index (κ3) is 8.37. The van der Waals surface area contributed by atoms with Crippen molar-refractivity contribution in [3.05, 3.63) is 12.2 Å². The summed E-state index contributed by atoms with van der Waals surface area (Å²) in [6, 6.07) is 0. The first kappa shape index (κ1) is 19.0. The van der Waals surface area contributed by atoms with Crippen molar-refractivity contribution in [1.29, 1.82) is 0 Å². The molecule has 2 aliphatic rings. The second kappa shape index (κ2) is 10.8. The average Bonchev–Trinajstić information content (AvgIpc) is 2.25. The number of ether oxygens (including phenoxy) is 2. The van der Waals surface area contributed by atoms with Gasteiger partial charge in [-0.25, -0.2) is 0 Å². The molecule has 0 aromatic carbocycles. The second-order valence-corrected chi connectivity index (χ2v) is 3.44. The van der Waals surface area contributed by atoms with Gasteiger partial charge in [-0.15, -0.1) is 5.57 Å². The van der Waals surface area contributed by atoms with Crippen molar-refractivity contribution < 1.29 is 54.1 Å². The zero-order valence-corrected chi connectivity index (χ0v) is 12.1. The normalized spacial score (nSPS) is 18.5. The van der Waals surface area contributed by atoms with Gasteiger partial charge >= 0.3 is 35.5 Å². The number of carbonyl (C=O) groups excluding carboxylic acids is 2. The van der Waals surface area contributed by atoms with Gasteiger partial charge in [0.25, 0.3) is 0 Å². The number of hydrogen-bond acceptors (Lipinski definition) is 5. The van der Waals surface area contributed by atoms with Crippen molar-refractivity contribution >= 4 is 11.9 Å². The molecular formula is C11H16NaO5-. The summed E-state index contributed by atoms with van der Waals surface area (Å²) in [5, 5.41) is 0. The van der Waals surface area contributed by atoms with Crippen LogP contribution in [-0.4, -0.2) is 30.6 Å². The minimum absolute atomic E-state index is 0. The summed E-state index contributed by atoms with van der Waals surface area (Å²) in [6.07, 6.45) is 4.25. The summed E-state index contributed by atoms with van der Waals surface area (Å²) in [4.78, 5) is 20.7. The molecule has 92 valence electrons. The summed E-state index contributed by atoms with van der Waals surface area (Å²) < 4.78 is 9.23. The first-order valence-corrected chi connectivity index (χ1v) is 5.14. The molecule has 0 spiro atoms. The van der Waals surface area contributed by atoms with Crippen LogP contribution in [0.4, 0.5) is 0 Å². The summed E-state index contributed by atoms with van der Waals surface area (Å²) >= 11 is 0. The Morgan fingerprint density at radius 1 is 0.941 bits per heavy atom. The van der Waals surface area contributed by atoms with Gasteiger partial charge in [0.05, 0.1) is 13.2 Å². The van der Waals surface area contributed by atoms with E-state index in [-0.39, 0.29) is 47.0 Å². The van der Waals surface area contributed by atoms with E-state index in [1.54, 1.807) is 0 Å². The number of carbonyl (C=O) groups is 2. The van der Waals surface area contributed by atoms with E-state index in [4.69, 9.17) is 6.58 Å². The molecule has 2 fully saturated rings. The Kier molecular flexibility index (Phi) is 12.0. The number of rotatable bonds is 0. The van der Waals surface area contributed by atoms with Crippen LogP contribution in [0.3, 0.4) is 0 Å². The van der Waals surface area contributed by atoms with Crippen LogP contribution in [0.25, 0.3) is 0 Å².